The summed E-state index contributed by atoms with van der Waals surface area (Å²) in [5.74, 6) is 0. The Morgan fingerprint density at radius 2 is 2.00 bits per heavy atom. The molecule has 2 rings (SSSR count). The first-order chi connectivity index (χ1) is 8.33. The topological polar surface area (TPSA) is 16.1 Å². The molecule has 0 atom stereocenters. The molecule has 0 saturated heterocycles. The Labute approximate surface area is 107 Å². The minimum Gasteiger partial charge on any atom is -0.372 e. The molecule has 0 bridgehead atoms. The quantitative estimate of drug-likeness (QED) is 0.801. The van der Waals surface area contributed by atoms with E-state index in [0.29, 0.717) is 0 Å². The summed E-state index contributed by atoms with van der Waals surface area (Å²) < 4.78 is 4.14. The summed E-state index contributed by atoms with van der Waals surface area (Å²) in [6.45, 7) is 6.50. The third-order valence-electron chi connectivity index (χ3n) is 2.91. The van der Waals surface area contributed by atoms with Gasteiger partial charge in [-0.2, -0.15) is 0 Å². The van der Waals surface area contributed by atoms with Crippen LogP contribution in [0.2, 0.25) is 0 Å². The highest BCUT2D eigenvalue weighted by Crippen LogP contribution is 2.19. The van der Waals surface area contributed by atoms with Gasteiger partial charge in [0.2, 0.25) is 0 Å². The van der Waals surface area contributed by atoms with E-state index in [0.717, 1.165) is 19.5 Å². The summed E-state index contributed by atoms with van der Waals surface area (Å²) in [6.07, 6.45) is 2.86. The van der Waals surface area contributed by atoms with E-state index >= 15 is 0 Å². The summed E-state index contributed by atoms with van der Waals surface area (Å²) in [7, 11) is 0. The molecule has 0 aliphatic heterocycles. The molecule has 2 nitrogen and oxygen atoms in total. The van der Waals surface area contributed by atoms with E-state index < -0.39 is 0 Å². The van der Waals surface area contributed by atoms with Crippen molar-refractivity contribution in [3.63, 3.8) is 0 Å². The second kappa shape index (κ2) is 5.82. The summed E-state index contributed by atoms with van der Waals surface area (Å²) in [6, 6.07) is 10.9. The Bertz CT molecular complexity index is 447. The number of nitrogens with zero attached hydrogens (tertiary/aromatic N) is 2. The van der Waals surface area contributed by atoms with Crippen molar-refractivity contribution >= 4 is 17.2 Å². The fraction of sp³-hybridized carbons (Fsp3) is 0.357. The second-order valence-corrected chi connectivity index (χ2v) is 4.92. The maximum Gasteiger partial charge on any atom is 0.0409 e. The molecule has 0 aliphatic carbocycles. The van der Waals surface area contributed by atoms with Crippen LogP contribution < -0.4 is 4.90 Å². The van der Waals surface area contributed by atoms with Crippen molar-refractivity contribution in [3.8, 4) is 0 Å². The molecule has 0 saturated carbocycles. The third-order valence-corrected chi connectivity index (χ3v) is 3.65. The van der Waals surface area contributed by atoms with Crippen LogP contribution in [-0.2, 0) is 6.42 Å². The van der Waals surface area contributed by atoms with Crippen LogP contribution in [0.4, 0.5) is 5.69 Å². The molecule has 0 radical (unpaired) electrons. The van der Waals surface area contributed by atoms with Gasteiger partial charge in [0.25, 0.3) is 0 Å². The molecule has 0 fully saturated rings. The van der Waals surface area contributed by atoms with Crippen LogP contribution in [-0.4, -0.2) is 17.5 Å². The molecule has 0 N–H and O–H groups in total. The lowest BCUT2D eigenvalue weighted by Gasteiger charge is -2.21. The number of hydrogen-bond donors (Lipinski definition) is 0. The lowest BCUT2D eigenvalue weighted by molar-refractivity contribution is 0.865. The monoisotopic (exact) mass is 246 g/mol. The predicted octanol–water partition coefficient (Wildman–Crippen LogP) is 3.58. The number of hydrogen-bond acceptors (Lipinski definition) is 3. The molecular formula is C14H18N2S. The fourth-order valence-electron chi connectivity index (χ4n) is 1.99. The van der Waals surface area contributed by atoms with Gasteiger partial charge in [-0.25, -0.2) is 4.37 Å². The van der Waals surface area contributed by atoms with Gasteiger partial charge in [0, 0.05) is 36.3 Å². The Kier molecular flexibility index (Phi) is 4.15. The molecule has 1 aromatic carbocycles. The van der Waals surface area contributed by atoms with Crippen molar-refractivity contribution in [2.75, 3.05) is 18.0 Å². The van der Waals surface area contributed by atoms with Gasteiger partial charge in [-0.3, -0.25) is 0 Å². The highest BCUT2D eigenvalue weighted by molar-refractivity contribution is 7.05. The smallest absolute Gasteiger partial charge is 0.0409 e. The molecule has 90 valence electrons. The second-order valence-electron chi connectivity index (χ2n) is 4.00. The van der Waals surface area contributed by atoms with Gasteiger partial charge in [0.1, 0.15) is 0 Å². The summed E-state index contributed by atoms with van der Waals surface area (Å²) >= 11 is 1.58. The van der Waals surface area contributed by atoms with Gasteiger partial charge >= 0.3 is 0 Å². The van der Waals surface area contributed by atoms with Crippen LogP contribution in [0.15, 0.2) is 36.5 Å². The Balaban J connectivity index is 2.16. The van der Waals surface area contributed by atoms with Crippen LogP contribution in [0.3, 0.4) is 0 Å². The van der Waals surface area contributed by atoms with E-state index in [1.807, 2.05) is 6.20 Å². The zero-order valence-electron chi connectivity index (χ0n) is 10.4. The van der Waals surface area contributed by atoms with Crippen LogP contribution in [0.1, 0.15) is 24.3 Å². The molecule has 0 aliphatic rings. The molecule has 2 aromatic rings. The Morgan fingerprint density at radius 3 is 2.65 bits per heavy atom. The van der Waals surface area contributed by atoms with Crippen LogP contribution in [0.25, 0.3) is 0 Å². The van der Waals surface area contributed by atoms with Gasteiger partial charge in [0.05, 0.1) is 0 Å². The Hall–Kier alpha value is -1.35. The van der Waals surface area contributed by atoms with Crippen molar-refractivity contribution in [1.82, 2.24) is 4.37 Å². The predicted molar refractivity (Wildman–Crippen MR) is 74.9 cm³/mol. The van der Waals surface area contributed by atoms with Crippen molar-refractivity contribution < 1.29 is 0 Å². The van der Waals surface area contributed by atoms with E-state index in [4.69, 9.17) is 0 Å². The van der Waals surface area contributed by atoms with E-state index in [-0.39, 0.29) is 0 Å². The molecule has 0 spiro atoms. The maximum atomic E-state index is 4.14. The fourth-order valence-corrected chi connectivity index (χ4v) is 2.60. The van der Waals surface area contributed by atoms with Crippen molar-refractivity contribution in [1.29, 1.82) is 0 Å². The van der Waals surface area contributed by atoms with Crippen molar-refractivity contribution in [2.24, 2.45) is 0 Å². The van der Waals surface area contributed by atoms with Crippen LogP contribution >= 0.6 is 11.5 Å². The molecule has 1 heterocycles. The number of aromatic nitrogens is 1. The van der Waals surface area contributed by atoms with Crippen molar-refractivity contribution in [2.45, 2.75) is 20.3 Å². The number of anilines is 1. The summed E-state index contributed by atoms with van der Waals surface area (Å²) in [5, 5.41) is 0. The highest BCUT2D eigenvalue weighted by Gasteiger charge is 2.03. The normalized spacial score (nSPS) is 10.5. The highest BCUT2D eigenvalue weighted by atomic mass is 32.1. The van der Waals surface area contributed by atoms with Gasteiger partial charge < -0.3 is 4.90 Å². The SMILES string of the molecule is CCN(CC)c1cccc(Cc2ccns2)c1. The Morgan fingerprint density at radius 1 is 1.18 bits per heavy atom. The first kappa shape index (κ1) is 12.1. The zero-order chi connectivity index (χ0) is 12.1. The standard InChI is InChI=1S/C14H18N2S/c1-3-16(4-2)13-7-5-6-12(10-13)11-14-8-9-15-17-14/h5-10H,3-4,11H2,1-2H3. The average molecular weight is 246 g/mol. The molecule has 0 amide bonds. The van der Waals surface area contributed by atoms with E-state index in [1.54, 1.807) is 11.5 Å². The zero-order valence-corrected chi connectivity index (χ0v) is 11.2. The lowest BCUT2D eigenvalue weighted by Crippen LogP contribution is -2.21. The maximum absolute atomic E-state index is 4.14. The van der Waals surface area contributed by atoms with E-state index in [2.05, 4.69) is 53.5 Å². The van der Waals surface area contributed by atoms with Crippen molar-refractivity contribution in [3.05, 3.63) is 47.0 Å². The van der Waals surface area contributed by atoms with Gasteiger partial charge in [-0.05, 0) is 49.1 Å². The van der Waals surface area contributed by atoms with E-state index in [1.165, 1.54) is 16.1 Å². The first-order valence-corrected chi connectivity index (χ1v) is 6.84. The largest absolute Gasteiger partial charge is 0.372 e. The number of rotatable bonds is 5. The molecule has 17 heavy (non-hydrogen) atoms. The molecule has 1 aromatic heterocycles. The minimum atomic E-state index is 0.986. The van der Waals surface area contributed by atoms with Gasteiger partial charge in [-0.15, -0.1) is 0 Å². The van der Waals surface area contributed by atoms with Gasteiger partial charge in [-0.1, -0.05) is 12.1 Å². The third kappa shape index (κ3) is 3.07. The van der Waals surface area contributed by atoms with E-state index in [9.17, 15) is 0 Å². The van der Waals surface area contributed by atoms with Crippen LogP contribution in [0, 0.1) is 0 Å². The number of benzene rings is 1. The van der Waals surface area contributed by atoms with Crippen LogP contribution in [0.5, 0.6) is 0 Å². The minimum absolute atomic E-state index is 0.986. The molecular weight excluding hydrogens is 228 g/mol. The lowest BCUT2D eigenvalue weighted by atomic mass is 10.1. The summed E-state index contributed by atoms with van der Waals surface area (Å²) in [4.78, 5) is 3.69. The molecule has 3 heteroatoms. The summed E-state index contributed by atoms with van der Waals surface area (Å²) in [5.41, 5.74) is 2.68. The molecule has 0 unspecified atom stereocenters. The first-order valence-electron chi connectivity index (χ1n) is 6.07. The van der Waals surface area contributed by atoms with Gasteiger partial charge in [0.15, 0.2) is 0 Å². The average Bonchev–Trinajstić information content (AvgIpc) is 2.84.